The SMILES string of the molecule is CN(C)c1nc2c(c(N3CCC(c4nnc5n4CCCCC5)CC3)n1)CCCC2. The van der Waals surface area contributed by atoms with Crippen molar-refractivity contribution < 1.29 is 0 Å². The van der Waals surface area contributed by atoms with Crippen LogP contribution >= 0.6 is 0 Å². The van der Waals surface area contributed by atoms with Crippen LogP contribution in [0.25, 0.3) is 0 Å². The molecule has 156 valence electrons. The molecular formula is C22H33N7. The first-order valence-corrected chi connectivity index (χ1v) is 11.4. The lowest BCUT2D eigenvalue weighted by atomic mass is 9.93. The van der Waals surface area contributed by atoms with Gasteiger partial charge in [0.25, 0.3) is 0 Å². The van der Waals surface area contributed by atoms with Crippen LogP contribution in [0.5, 0.6) is 0 Å². The maximum atomic E-state index is 4.99. The summed E-state index contributed by atoms with van der Waals surface area (Å²) in [5.41, 5.74) is 2.67. The van der Waals surface area contributed by atoms with Gasteiger partial charge in [0.15, 0.2) is 0 Å². The molecule has 3 aliphatic rings. The smallest absolute Gasteiger partial charge is 0.227 e. The molecule has 1 fully saturated rings. The highest BCUT2D eigenvalue weighted by molar-refractivity contribution is 5.54. The molecule has 7 nitrogen and oxygen atoms in total. The molecule has 1 saturated heterocycles. The van der Waals surface area contributed by atoms with Crippen molar-refractivity contribution in [3.8, 4) is 0 Å². The molecule has 1 aliphatic carbocycles. The van der Waals surface area contributed by atoms with E-state index in [1.54, 1.807) is 0 Å². The molecule has 2 aromatic heterocycles. The van der Waals surface area contributed by atoms with Crippen molar-refractivity contribution in [3.05, 3.63) is 22.9 Å². The van der Waals surface area contributed by atoms with Crippen LogP contribution in [0.4, 0.5) is 11.8 Å². The molecule has 0 N–H and O–H groups in total. The number of nitrogens with zero attached hydrogens (tertiary/aromatic N) is 7. The molecule has 0 aromatic carbocycles. The monoisotopic (exact) mass is 395 g/mol. The first-order chi connectivity index (χ1) is 14.2. The summed E-state index contributed by atoms with van der Waals surface area (Å²) in [5, 5.41) is 9.16. The highest BCUT2D eigenvalue weighted by Gasteiger charge is 2.29. The molecule has 0 spiro atoms. The van der Waals surface area contributed by atoms with Crippen molar-refractivity contribution >= 4 is 11.8 Å². The van der Waals surface area contributed by atoms with Gasteiger partial charge in [-0.1, -0.05) is 6.42 Å². The number of aromatic nitrogens is 5. The lowest BCUT2D eigenvalue weighted by Crippen LogP contribution is -2.36. The normalized spacial score (nSPS) is 20.1. The minimum absolute atomic E-state index is 0.525. The zero-order valence-electron chi connectivity index (χ0n) is 17.9. The Morgan fingerprint density at radius 1 is 0.828 bits per heavy atom. The van der Waals surface area contributed by atoms with Gasteiger partial charge in [-0.05, 0) is 51.4 Å². The molecule has 0 amide bonds. The lowest BCUT2D eigenvalue weighted by molar-refractivity contribution is 0.456. The summed E-state index contributed by atoms with van der Waals surface area (Å²) in [7, 11) is 4.08. The Hall–Kier alpha value is -2.18. The van der Waals surface area contributed by atoms with E-state index in [4.69, 9.17) is 9.97 Å². The van der Waals surface area contributed by atoms with Crippen molar-refractivity contribution in [2.24, 2.45) is 0 Å². The summed E-state index contributed by atoms with van der Waals surface area (Å²) in [6.07, 6.45) is 11.9. The molecular weight excluding hydrogens is 362 g/mol. The van der Waals surface area contributed by atoms with Crippen molar-refractivity contribution in [1.29, 1.82) is 0 Å². The Labute approximate surface area is 173 Å². The average molecular weight is 396 g/mol. The average Bonchev–Trinajstić information content (AvgIpc) is 3.01. The van der Waals surface area contributed by atoms with Gasteiger partial charge in [0.2, 0.25) is 5.95 Å². The van der Waals surface area contributed by atoms with Crippen molar-refractivity contribution in [1.82, 2.24) is 24.7 Å². The number of fused-ring (bicyclic) bond motifs is 2. The van der Waals surface area contributed by atoms with Crippen LogP contribution in [-0.2, 0) is 25.8 Å². The number of hydrogen-bond donors (Lipinski definition) is 0. The number of anilines is 2. The zero-order valence-corrected chi connectivity index (χ0v) is 17.9. The Bertz CT molecular complexity index is 864. The fourth-order valence-corrected chi connectivity index (χ4v) is 5.18. The molecule has 0 saturated carbocycles. The summed E-state index contributed by atoms with van der Waals surface area (Å²) in [4.78, 5) is 14.4. The second kappa shape index (κ2) is 7.92. The number of rotatable bonds is 3. The summed E-state index contributed by atoms with van der Waals surface area (Å²) in [5.74, 6) is 5.01. The van der Waals surface area contributed by atoms with Gasteiger partial charge in [-0.3, -0.25) is 0 Å². The Balaban J connectivity index is 1.36. The number of aryl methyl sites for hydroxylation is 2. The standard InChI is InChI=1S/C22H33N7/c1-27(2)22-23-18-9-6-5-8-17(18)21(24-22)28-14-11-16(12-15-28)20-26-25-19-10-4-3-7-13-29(19)20/h16H,3-15H2,1-2H3. The Morgan fingerprint density at radius 2 is 1.62 bits per heavy atom. The van der Waals surface area contributed by atoms with E-state index in [-0.39, 0.29) is 0 Å². The minimum atomic E-state index is 0.525. The zero-order chi connectivity index (χ0) is 19.8. The molecule has 2 aromatic rings. The van der Waals surface area contributed by atoms with E-state index in [0.29, 0.717) is 5.92 Å². The van der Waals surface area contributed by atoms with Crippen LogP contribution in [0, 0.1) is 0 Å². The third-order valence-electron chi connectivity index (χ3n) is 6.85. The second-order valence-corrected chi connectivity index (χ2v) is 9.07. The first kappa shape index (κ1) is 18.8. The van der Waals surface area contributed by atoms with Gasteiger partial charge >= 0.3 is 0 Å². The fraction of sp³-hybridized carbons (Fsp3) is 0.727. The van der Waals surface area contributed by atoms with Crippen molar-refractivity contribution in [3.63, 3.8) is 0 Å². The predicted molar refractivity (Wildman–Crippen MR) is 115 cm³/mol. The van der Waals surface area contributed by atoms with E-state index >= 15 is 0 Å². The van der Waals surface area contributed by atoms with Gasteiger partial charge in [0, 0.05) is 51.6 Å². The lowest BCUT2D eigenvalue weighted by Gasteiger charge is -2.35. The van der Waals surface area contributed by atoms with Crippen LogP contribution in [0.15, 0.2) is 0 Å². The maximum Gasteiger partial charge on any atom is 0.227 e. The van der Waals surface area contributed by atoms with E-state index in [0.717, 1.165) is 57.7 Å². The van der Waals surface area contributed by atoms with E-state index in [1.807, 2.05) is 19.0 Å². The maximum absolute atomic E-state index is 4.99. The van der Waals surface area contributed by atoms with Crippen LogP contribution in [0.1, 0.15) is 73.8 Å². The van der Waals surface area contributed by atoms with Crippen LogP contribution in [-0.4, -0.2) is 51.9 Å². The predicted octanol–water partition coefficient (Wildman–Crippen LogP) is 3.12. The van der Waals surface area contributed by atoms with Gasteiger partial charge in [-0.2, -0.15) is 4.98 Å². The molecule has 4 heterocycles. The van der Waals surface area contributed by atoms with Gasteiger partial charge < -0.3 is 14.4 Å². The van der Waals surface area contributed by atoms with Crippen LogP contribution in [0.2, 0.25) is 0 Å². The molecule has 7 heteroatoms. The Kier molecular flexibility index (Phi) is 5.14. The van der Waals surface area contributed by atoms with E-state index in [9.17, 15) is 0 Å². The molecule has 5 rings (SSSR count). The molecule has 29 heavy (non-hydrogen) atoms. The van der Waals surface area contributed by atoms with Crippen LogP contribution < -0.4 is 9.80 Å². The van der Waals surface area contributed by atoms with Gasteiger partial charge in [-0.15, -0.1) is 10.2 Å². The summed E-state index contributed by atoms with van der Waals surface area (Å²) >= 11 is 0. The highest BCUT2D eigenvalue weighted by atomic mass is 15.3. The quantitative estimate of drug-likeness (QED) is 0.796. The van der Waals surface area contributed by atoms with Gasteiger partial charge in [0.1, 0.15) is 17.5 Å². The highest BCUT2D eigenvalue weighted by Crippen LogP contribution is 2.35. The van der Waals surface area contributed by atoms with E-state index in [1.165, 1.54) is 60.8 Å². The molecule has 0 bridgehead atoms. The molecule has 0 unspecified atom stereocenters. The third-order valence-corrected chi connectivity index (χ3v) is 6.85. The molecule has 0 radical (unpaired) electrons. The van der Waals surface area contributed by atoms with Crippen LogP contribution in [0.3, 0.4) is 0 Å². The Morgan fingerprint density at radius 3 is 2.45 bits per heavy atom. The van der Waals surface area contributed by atoms with E-state index < -0.39 is 0 Å². The molecule has 0 atom stereocenters. The second-order valence-electron chi connectivity index (χ2n) is 9.07. The number of piperidine rings is 1. The van der Waals surface area contributed by atoms with Crippen molar-refractivity contribution in [2.75, 3.05) is 37.0 Å². The summed E-state index contributed by atoms with van der Waals surface area (Å²) in [6, 6.07) is 0. The van der Waals surface area contributed by atoms with Crippen molar-refractivity contribution in [2.45, 2.75) is 76.7 Å². The van der Waals surface area contributed by atoms with E-state index in [2.05, 4.69) is 19.7 Å². The first-order valence-electron chi connectivity index (χ1n) is 11.4. The summed E-state index contributed by atoms with van der Waals surface area (Å²) in [6.45, 7) is 3.19. The topological polar surface area (TPSA) is 63.0 Å². The van der Waals surface area contributed by atoms with Gasteiger partial charge in [0.05, 0.1) is 5.69 Å². The summed E-state index contributed by atoms with van der Waals surface area (Å²) < 4.78 is 2.43. The number of hydrogen-bond acceptors (Lipinski definition) is 6. The largest absolute Gasteiger partial charge is 0.356 e. The molecule has 2 aliphatic heterocycles. The third kappa shape index (κ3) is 3.60. The minimum Gasteiger partial charge on any atom is -0.356 e. The fourth-order valence-electron chi connectivity index (χ4n) is 5.18. The van der Waals surface area contributed by atoms with Gasteiger partial charge in [-0.25, -0.2) is 4.98 Å².